The summed E-state index contributed by atoms with van der Waals surface area (Å²) in [4.78, 5) is 29.9. The summed E-state index contributed by atoms with van der Waals surface area (Å²) in [7, 11) is 0. The lowest BCUT2D eigenvalue weighted by Gasteiger charge is -2.62. The highest BCUT2D eigenvalue weighted by Crippen LogP contribution is 2.68. The predicted molar refractivity (Wildman–Crippen MR) is 86.9 cm³/mol. The fourth-order valence-electron chi connectivity index (χ4n) is 6.23. The third-order valence-corrected chi connectivity index (χ3v) is 7.03. The lowest BCUT2D eigenvalue weighted by molar-refractivity contribution is -0.150. The van der Waals surface area contributed by atoms with E-state index in [0.29, 0.717) is 12.8 Å². The van der Waals surface area contributed by atoms with Gasteiger partial charge in [0, 0.05) is 36.4 Å². The Hall–Kier alpha value is -1.84. The van der Waals surface area contributed by atoms with E-state index in [1.165, 1.54) is 5.56 Å². The summed E-state index contributed by atoms with van der Waals surface area (Å²) in [5, 5.41) is 0. The fourth-order valence-corrected chi connectivity index (χ4v) is 6.23. The minimum Gasteiger partial charge on any atom is -0.318 e. The topological polar surface area (TPSA) is 40.6 Å². The molecule has 4 heterocycles. The van der Waals surface area contributed by atoms with E-state index < -0.39 is 5.66 Å². The molecule has 0 bridgehead atoms. The molecular formula is C19H22N2O2. The SMILES string of the molecule is CC[C@@]12CCCN3C(=O)C[C@H]4c5ccccc5N(C(=O)CC1)C432. The summed E-state index contributed by atoms with van der Waals surface area (Å²) in [6, 6.07) is 8.26. The first-order valence-electron chi connectivity index (χ1n) is 8.88. The molecule has 0 N–H and O–H groups in total. The van der Waals surface area contributed by atoms with Gasteiger partial charge in [-0.05, 0) is 37.3 Å². The van der Waals surface area contributed by atoms with Gasteiger partial charge in [0.05, 0.1) is 0 Å². The molecule has 3 fully saturated rings. The number of rotatable bonds is 1. The van der Waals surface area contributed by atoms with Crippen LogP contribution in [0.5, 0.6) is 0 Å². The van der Waals surface area contributed by atoms with Crippen molar-refractivity contribution in [3.63, 3.8) is 0 Å². The molecule has 3 atom stereocenters. The monoisotopic (exact) mass is 310 g/mol. The molecule has 0 saturated carbocycles. The molecule has 2 amide bonds. The molecule has 1 spiro atoms. The lowest BCUT2D eigenvalue weighted by atomic mass is 9.59. The van der Waals surface area contributed by atoms with Crippen LogP contribution in [0.4, 0.5) is 5.69 Å². The van der Waals surface area contributed by atoms with Gasteiger partial charge in [0.25, 0.3) is 0 Å². The number of hydrogen-bond donors (Lipinski definition) is 0. The molecule has 23 heavy (non-hydrogen) atoms. The van der Waals surface area contributed by atoms with Gasteiger partial charge in [-0.2, -0.15) is 0 Å². The Morgan fingerprint density at radius 3 is 2.83 bits per heavy atom. The van der Waals surface area contributed by atoms with Crippen molar-refractivity contribution in [3.05, 3.63) is 29.8 Å². The van der Waals surface area contributed by atoms with Crippen LogP contribution >= 0.6 is 0 Å². The summed E-state index contributed by atoms with van der Waals surface area (Å²) >= 11 is 0. The number of piperidine rings is 2. The number of para-hydroxylation sites is 1. The van der Waals surface area contributed by atoms with Crippen LogP contribution in [0.25, 0.3) is 0 Å². The Balaban J connectivity index is 1.85. The molecule has 120 valence electrons. The van der Waals surface area contributed by atoms with Crippen LogP contribution in [0.15, 0.2) is 24.3 Å². The highest BCUT2D eigenvalue weighted by Gasteiger charge is 2.73. The Labute approximate surface area is 136 Å². The van der Waals surface area contributed by atoms with Crippen molar-refractivity contribution in [3.8, 4) is 0 Å². The van der Waals surface area contributed by atoms with Gasteiger partial charge >= 0.3 is 0 Å². The van der Waals surface area contributed by atoms with Gasteiger partial charge in [0.1, 0.15) is 5.66 Å². The molecule has 4 aliphatic rings. The van der Waals surface area contributed by atoms with Crippen molar-refractivity contribution in [1.29, 1.82) is 0 Å². The van der Waals surface area contributed by atoms with E-state index in [9.17, 15) is 9.59 Å². The van der Waals surface area contributed by atoms with E-state index >= 15 is 0 Å². The Morgan fingerprint density at radius 2 is 2.00 bits per heavy atom. The number of nitrogens with zero attached hydrogens (tertiary/aromatic N) is 2. The number of anilines is 1. The molecule has 4 heteroatoms. The molecule has 3 saturated heterocycles. The number of benzene rings is 1. The molecule has 1 unspecified atom stereocenters. The summed E-state index contributed by atoms with van der Waals surface area (Å²) in [6.07, 6.45) is 5.31. The fraction of sp³-hybridized carbons (Fsp3) is 0.579. The maximum absolute atomic E-state index is 13.0. The quantitative estimate of drug-likeness (QED) is 0.800. The van der Waals surface area contributed by atoms with Gasteiger partial charge in [-0.25, -0.2) is 0 Å². The summed E-state index contributed by atoms with van der Waals surface area (Å²) in [5.41, 5.74) is 1.89. The second-order valence-electron chi connectivity index (χ2n) is 7.55. The van der Waals surface area contributed by atoms with E-state index in [2.05, 4.69) is 24.0 Å². The highest BCUT2D eigenvalue weighted by atomic mass is 16.2. The third-order valence-electron chi connectivity index (χ3n) is 7.03. The molecule has 0 radical (unpaired) electrons. The van der Waals surface area contributed by atoms with Gasteiger partial charge in [-0.15, -0.1) is 0 Å². The van der Waals surface area contributed by atoms with Crippen molar-refractivity contribution in [2.45, 2.75) is 57.0 Å². The van der Waals surface area contributed by atoms with Gasteiger partial charge in [0.2, 0.25) is 11.8 Å². The van der Waals surface area contributed by atoms with Crippen LogP contribution in [0.3, 0.4) is 0 Å². The molecular weight excluding hydrogens is 288 g/mol. The van der Waals surface area contributed by atoms with Crippen LogP contribution < -0.4 is 4.90 Å². The van der Waals surface area contributed by atoms with Gasteiger partial charge in [-0.1, -0.05) is 25.1 Å². The van der Waals surface area contributed by atoms with Crippen molar-refractivity contribution in [2.24, 2.45) is 5.41 Å². The van der Waals surface area contributed by atoms with Crippen LogP contribution in [-0.2, 0) is 9.59 Å². The van der Waals surface area contributed by atoms with Crippen molar-refractivity contribution < 1.29 is 9.59 Å². The highest BCUT2D eigenvalue weighted by molar-refractivity contribution is 6.02. The zero-order valence-corrected chi connectivity index (χ0v) is 13.5. The lowest BCUT2D eigenvalue weighted by Crippen LogP contribution is -2.73. The second kappa shape index (κ2) is 4.16. The van der Waals surface area contributed by atoms with Crippen LogP contribution in [0.1, 0.15) is 56.9 Å². The summed E-state index contributed by atoms with van der Waals surface area (Å²) < 4.78 is 0. The maximum atomic E-state index is 13.0. The van der Waals surface area contributed by atoms with E-state index in [0.717, 1.165) is 37.9 Å². The number of fused-ring (bicyclic) bond motifs is 3. The zero-order chi connectivity index (χ0) is 15.8. The van der Waals surface area contributed by atoms with E-state index in [1.807, 2.05) is 17.0 Å². The molecule has 4 aliphatic heterocycles. The Morgan fingerprint density at radius 1 is 1.17 bits per heavy atom. The zero-order valence-electron chi connectivity index (χ0n) is 13.5. The number of amides is 2. The summed E-state index contributed by atoms with van der Waals surface area (Å²) in [5.74, 6) is 0.586. The van der Waals surface area contributed by atoms with E-state index in [-0.39, 0.29) is 23.1 Å². The minimum atomic E-state index is -0.421. The van der Waals surface area contributed by atoms with Gasteiger partial charge in [-0.3, -0.25) is 14.5 Å². The van der Waals surface area contributed by atoms with Crippen LogP contribution in [0, 0.1) is 5.41 Å². The first kappa shape index (κ1) is 13.6. The molecule has 0 aromatic heterocycles. The van der Waals surface area contributed by atoms with Crippen LogP contribution in [-0.4, -0.2) is 28.9 Å². The number of carbonyl (C=O) groups is 2. The van der Waals surface area contributed by atoms with Gasteiger partial charge in [0.15, 0.2) is 0 Å². The normalized spacial score (nSPS) is 37.7. The largest absolute Gasteiger partial charge is 0.318 e. The summed E-state index contributed by atoms with van der Waals surface area (Å²) in [6.45, 7) is 3.05. The number of carbonyl (C=O) groups excluding carboxylic acids is 2. The molecule has 1 aromatic rings. The first-order chi connectivity index (χ1) is 11.2. The second-order valence-corrected chi connectivity index (χ2v) is 7.55. The van der Waals surface area contributed by atoms with Gasteiger partial charge < -0.3 is 4.90 Å². The van der Waals surface area contributed by atoms with E-state index in [4.69, 9.17) is 0 Å². The van der Waals surface area contributed by atoms with Crippen molar-refractivity contribution in [1.82, 2.24) is 4.90 Å². The maximum Gasteiger partial charge on any atom is 0.228 e. The standard InChI is InChI=1S/C19H22N2O2/c1-2-18-9-5-11-20-17(23)12-14-13-6-3-4-7-15(13)21(19(14,18)20)16(22)8-10-18/h3-4,6-7,14H,2,5,8-12H2,1H3/t14-,18+,19?/m0/s1. The average molecular weight is 310 g/mol. The van der Waals surface area contributed by atoms with Crippen molar-refractivity contribution in [2.75, 3.05) is 11.4 Å². The molecule has 4 nitrogen and oxygen atoms in total. The van der Waals surface area contributed by atoms with Crippen molar-refractivity contribution >= 4 is 17.5 Å². The average Bonchev–Trinajstić information content (AvgIpc) is 3.02. The number of hydrogen-bond acceptors (Lipinski definition) is 2. The predicted octanol–water partition coefficient (Wildman–Crippen LogP) is 3.03. The smallest absolute Gasteiger partial charge is 0.228 e. The first-order valence-corrected chi connectivity index (χ1v) is 8.88. The molecule has 1 aromatic carbocycles. The molecule has 5 rings (SSSR count). The molecule has 0 aliphatic carbocycles. The van der Waals surface area contributed by atoms with E-state index in [1.54, 1.807) is 0 Å². The minimum absolute atomic E-state index is 0.0506. The van der Waals surface area contributed by atoms with Crippen LogP contribution in [0.2, 0.25) is 0 Å². The Kier molecular flexibility index (Phi) is 2.46. The Bertz CT molecular complexity index is 730. The third kappa shape index (κ3) is 1.28.